The molecule has 0 bridgehead atoms. The van der Waals surface area contributed by atoms with Crippen molar-refractivity contribution in [1.29, 1.82) is 0 Å². The number of hydrogen-bond donors (Lipinski definition) is 1. The van der Waals surface area contributed by atoms with Crippen LogP contribution in [0.5, 0.6) is 5.75 Å². The Morgan fingerprint density at radius 2 is 1.64 bits per heavy atom. The predicted octanol–water partition coefficient (Wildman–Crippen LogP) is 5.14. The summed E-state index contributed by atoms with van der Waals surface area (Å²) in [5, 5.41) is 3.65. The third-order valence-electron chi connectivity index (χ3n) is 5.28. The number of methoxy groups -OCH3 is 1. The van der Waals surface area contributed by atoms with E-state index in [0.29, 0.717) is 12.1 Å². The number of fused-ring (bicyclic) bond motifs is 1. The Hall–Kier alpha value is -3.27. The zero-order chi connectivity index (χ0) is 19.5. The van der Waals surface area contributed by atoms with Gasteiger partial charge in [-0.2, -0.15) is 0 Å². The highest BCUT2D eigenvalue weighted by molar-refractivity contribution is 6.07. The molecular weight excluding hydrogens is 348 g/mol. The summed E-state index contributed by atoms with van der Waals surface area (Å²) < 4.78 is 5.21. The van der Waals surface area contributed by atoms with Crippen LogP contribution in [0.1, 0.15) is 28.9 Å². The maximum Gasteiger partial charge on any atom is 0.258 e. The van der Waals surface area contributed by atoms with Crippen LogP contribution in [0, 0.1) is 5.92 Å². The summed E-state index contributed by atoms with van der Waals surface area (Å²) in [4.78, 5) is 15.1. The smallest absolute Gasteiger partial charge is 0.258 e. The number of carbonyl (C=O) groups is 1. The number of nitrogens with one attached hydrogen (secondary N) is 1. The normalized spacial score (nSPS) is 18.3. The van der Waals surface area contributed by atoms with Crippen LogP contribution in [0.25, 0.3) is 0 Å². The van der Waals surface area contributed by atoms with Crippen LogP contribution >= 0.6 is 0 Å². The van der Waals surface area contributed by atoms with E-state index in [2.05, 4.69) is 30.4 Å². The molecule has 1 aliphatic heterocycles. The fourth-order valence-electron chi connectivity index (χ4n) is 3.81. The molecule has 1 aliphatic rings. The van der Waals surface area contributed by atoms with E-state index >= 15 is 0 Å². The van der Waals surface area contributed by atoms with Gasteiger partial charge in [-0.3, -0.25) is 4.79 Å². The number of para-hydroxylation sites is 2. The SMILES string of the molecule is COc1ccc(C(=O)N2C[C@@H](C)[C@H](Nc3ccccc3)c3ccccc32)cc1. The lowest BCUT2D eigenvalue weighted by Crippen LogP contribution is -2.42. The van der Waals surface area contributed by atoms with Gasteiger partial charge in [0.15, 0.2) is 0 Å². The molecule has 1 amide bonds. The summed E-state index contributed by atoms with van der Waals surface area (Å²) in [6, 6.07) is 25.8. The van der Waals surface area contributed by atoms with Gasteiger partial charge in [-0.1, -0.05) is 43.3 Å². The first-order valence-electron chi connectivity index (χ1n) is 9.54. The molecule has 3 aromatic carbocycles. The zero-order valence-electron chi connectivity index (χ0n) is 16.1. The van der Waals surface area contributed by atoms with Crippen molar-refractivity contribution >= 4 is 17.3 Å². The molecule has 3 aromatic rings. The second-order valence-electron chi connectivity index (χ2n) is 7.17. The van der Waals surface area contributed by atoms with E-state index in [1.54, 1.807) is 7.11 Å². The molecule has 0 aliphatic carbocycles. The molecule has 142 valence electrons. The molecule has 1 heterocycles. The number of ether oxygens (including phenoxy) is 1. The maximum atomic E-state index is 13.2. The Labute approximate surface area is 165 Å². The minimum atomic E-state index is 0.0140. The van der Waals surface area contributed by atoms with Crippen molar-refractivity contribution in [2.24, 2.45) is 5.92 Å². The molecule has 1 N–H and O–H groups in total. The maximum absolute atomic E-state index is 13.2. The van der Waals surface area contributed by atoms with Crippen molar-refractivity contribution in [3.63, 3.8) is 0 Å². The van der Waals surface area contributed by atoms with Crippen LogP contribution in [0.4, 0.5) is 11.4 Å². The lowest BCUT2D eigenvalue weighted by atomic mass is 9.87. The van der Waals surface area contributed by atoms with E-state index in [4.69, 9.17) is 4.74 Å². The van der Waals surface area contributed by atoms with E-state index in [0.717, 1.165) is 22.7 Å². The van der Waals surface area contributed by atoms with Gasteiger partial charge in [0.2, 0.25) is 0 Å². The summed E-state index contributed by atoms with van der Waals surface area (Å²) >= 11 is 0. The van der Waals surface area contributed by atoms with Crippen molar-refractivity contribution in [2.45, 2.75) is 13.0 Å². The minimum absolute atomic E-state index is 0.0140. The molecule has 0 unspecified atom stereocenters. The summed E-state index contributed by atoms with van der Waals surface area (Å²) in [7, 11) is 1.62. The monoisotopic (exact) mass is 372 g/mol. The van der Waals surface area contributed by atoms with Gasteiger partial charge in [0.1, 0.15) is 5.75 Å². The van der Waals surface area contributed by atoms with Crippen molar-refractivity contribution in [1.82, 2.24) is 0 Å². The van der Waals surface area contributed by atoms with E-state index in [1.807, 2.05) is 65.6 Å². The molecule has 0 spiro atoms. The first kappa shape index (κ1) is 18.1. The van der Waals surface area contributed by atoms with Crippen LogP contribution in [0.3, 0.4) is 0 Å². The Morgan fingerprint density at radius 1 is 0.964 bits per heavy atom. The molecule has 28 heavy (non-hydrogen) atoms. The van der Waals surface area contributed by atoms with Crippen molar-refractivity contribution in [3.8, 4) is 5.75 Å². The Bertz CT molecular complexity index is 954. The highest BCUT2D eigenvalue weighted by Gasteiger charge is 2.33. The fraction of sp³-hybridized carbons (Fsp3) is 0.208. The molecular formula is C24H24N2O2. The molecule has 0 saturated carbocycles. The van der Waals surface area contributed by atoms with E-state index in [-0.39, 0.29) is 17.9 Å². The molecule has 4 rings (SSSR count). The first-order chi connectivity index (χ1) is 13.7. The van der Waals surface area contributed by atoms with Gasteiger partial charge in [-0.05, 0) is 53.9 Å². The highest BCUT2D eigenvalue weighted by atomic mass is 16.5. The van der Waals surface area contributed by atoms with Gasteiger partial charge in [-0.15, -0.1) is 0 Å². The number of amides is 1. The van der Waals surface area contributed by atoms with Gasteiger partial charge in [0.05, 0.1) is 13.2 Å². The number of anilines is 2. The summed E-state index contributed by atoms with van der Waals surface area (Å²) in [5.74, 6) is 1.02. The summed E-state index contributed by atoms with van der Waals surface area (Å²) in [5.41, 5.74) is 3.86. The van der Waals surface area contributed by atoms with Gasteiger partial charge >= 0.3 is 0 Å². The fourth-order valence-corrected chi connectivity index (χ4v) is 3.81. The van der Waals surface area contributed by atoms with Crippen LogP contribution in [0.15, 0.2) is 78.9 Å². The van der Waals surface area contributed by atoms with Crippen molar-refractivity contribution in [2.75, 3.05) is 23.9 Å². The molecule has 0 fully saturated rings. The minimum Gasteiger partial charge on any atom is -0.497 e. The number of carbonyl (C=O) groups excluding carboxylic acids is 1. The Morgan fingerprint density at radius 3 is 2.36 bits per heavy atom. The highest BCUT2D eigenvalue weighted by Crippen LogP contribution is 2.39. The second-order valence-corrected chi connectivity index (χ2v) is 7.17. The number of rotatable bonds is 4. The Balaban J connectivity index is 1.66. The average molecular weight is 372 g/mol. The predicted molar refractivity (Wildman–Crippen MR) is 113 cm³/mol. The van der Waals surface area contributed by atoms with Crippen LogP contribution < -0.4 is 15.0 Å². The topological polar surface area (TPSA) is 41.6 Å². The zero-order valence-corrected chi connectivity index (χ0v) is 16.1. The summed E-state index contributed by atoms with van der Waals surface area (Å²) in [6.45, 7) is 2.84. The number of hydrogen-bond acceptors (Lipinski definition) is 3. The molecule has 0 saturated heterocycles. The molecule has 4 nitrogen and oxygen atoms in total. The van der Waals surface area contributed by atoms with E-state index in [9.17, 15) is 4.79 Å². The van der Waals surface area contributed by atoms with E-state index < -0.39 is 0 Å². The standard InChI is InChI=1S/C24H24N2O2/c1-17-16-26(24(27)18-12-14-20(28-2)15-13-18)22-11-7-6-10-21(22)23(17)25-19-8-4-3-5-9-19/h3-15,17,23,25H,16H2,1-2H3/t17-,23+/m1/s1. The lowest BCUT2D eigenvalue weighted by molar-refractivity contribution is 0.0979. The third kappa shape index (κ3) is 3.46. The van der Waals surface area contributed by atoms with Gasteiger partial charge in [0, 0.05) is 23.5 Å². The molecule has 0 radical (unpaired) electrons. The van der Waals surface area contributed by atoms with Crippen LogP contribution in [0.2, 0.25) is 0 Å². The quantitative estimate of drug-likeness (QED) is 0.689. The Kier molecular flexibility index (Phi) is 5.02. The van der Waals surface area contributed by atoms with Gasteiger partial charge in [0.25, 0.3) is 5.91 Å². The van der Waals surface area contributed by atoms with Crippen molar-refractivity contribution in [3.05, 3.63) is 90.0 Å². The van der Waals surface area contributed by atoms with Gasteiger partial charge < -0.3 is 15.0 Å². The molecule has 0 aromatic heterocycles. The largest absolute Gasteiger partial charge is 0.497 e. The van der Waals surface area contributed by atoms with Gasteiger partial charge in [-0.25, -0.2) is 0 Å². The summed E-state index contributed by atoms with van der Waals surface area (Å²) in [6.07, 6.45) is 0. The van der Waals surface area contributed by atoms with Crippen LogP contribution in [-0.4, -0.2) is 19.6 Å². The lowest BCUT2D eigenvalue weighted by Gasteiger charge is -2.39. The second kappa shape index (κ2) is 7.77. The van der Waals surface area contributed by atoms with Crippen molar-refractivity contribution < 1.29 is 9.53 Å². The molecule has 4 heteroatoms. The number of benzene rings is 3. The molecule has 2 atom stereocenters. The third-order valence-corrected chi connectivity index (χ3v) is 5.28. The number of nitrogens with zero attached hydrogens (tertiary/aromatic N) is 1. The van der Waals surface area contributed by atoms with Crippen LogP contribution in [-0.2, 0) is 0 Å². The van der Waals surface area contributed by atoms with E-state index in [1.165, 1.54) is 0 Å². The first-order valence-corrected chi connectivity index (χ1v) is 9.54. The average Bonchev–Trinajstić information content (AvgIpc) is 2.76.